The maximum absolute atomic E-state index is 12.0. The summed E-state index contributed by atoms with van der Waals surface area (Å²) >= 11 is 0. The second-order valence-electron chi connectivity index (χ2n) is 4.69. The minimum atomic E-state index is -3.48. The van der Waals surface area contributed by atoms with Crippen LogP contribution >= 0.6 is 0 Å². The van der Waals surface area contributed by atoms with Gasteiger partial charge in [0.25, 0.3) is 0 Å². The van der Waals surface area contributed by atoms with Gasteiger partial charge in [-0.1, -0.05) is 0 Å². The fraction of sp³-hybridized carbons (Fsp3) is 0.818. The van der Waals surface area contributed by atoms with Gasteiger partial charge in [-0.3, -0.25) is 9.59 Å². The minimum Gasteiger partial charge on any atom is -0.469 e. The van der Waals surface area contributed by atoms with Crippen molar-refractivity contribution in [1.82, 2.24) is 4.90 Å². The van der Waals surface area contributed by atoms with E-state index in [0.29, 0.717) is 13.0 Å². The van der Waals surface area contributed by atoms with Gasteiger partial charge in [-0.2, -0.15) is 0 Å². The number of sulfone groups is 1. The first-order valence-corrected chi connectivity index (χ1v) is 7.45. The van der Waals surface area contributed by atoms with Crippen LogP contribution in [-0.2, 0) is 24.2 Å². The van der Waals surface area contributed by atoms with Crippen LogP contribution in [0.15, 0.2) is 0 Å². The Bertz CT molecular complexity index is 413. The zero-order valence-corrected chi connectivity index (χ0v) is 12.3. The smallest absolute Gasteiger partial charge is 0.305 e. The molecule has 18 heavy (non-hydrogen) atoms. The topological polar surface area (TPSA) is 80.8 Å². The Morgan fingerprint density at radius 3 is 2.17 bits per heavy atom. The van der Waals surface area contributed by atoms with E-state index >= 15 is 0 Å². The predicted molar refractivity (Wildman–Crippen MR) is 67.8 cm³/mol. The number of rotatable bonds is 6. The number of hydrogen-bond acceptors (Lipinski definition) is 5. The van der Waals surface area contributed by atoms with Crippen molar-refractivity contribution in [2.45, 2.75) is 31.4 Å². The first-order chi connectivity index (χ1) is 8.04. The lowest BCUT2D eigenvalue weighted by Crippen LogP contribution is -2.48. The van der Waals surface area contributed by atoms with Crippen LogP contribution in [0.25, 0.3) is 0 Å². The molecule has 1 amide bonds. The van der Waals surface area contributed by atoms with Gasteiger partial charge in [-0.15, -0.1) is 0 Å². The van der Waals surface area contributed by atoms with Crippen LogP contribution in [0.1, 0.15) is 26.7 Å². The molecule has 0 atom stereocenters. The predicted octanol–water partition coefficient (Wildman–Crippen LogP) is 0.221. The van der Waals surface area contributed by atoms with E-state index in [4.69, 9.17) is 0 Å². The third-order valence-corrected chi connectivity index (χ3v) is 4.92. The van der Waals surface area contributed by atoms with Gasteiger partial charge < -0.3 is 9.64 Å². The van der Waals surface area contributed by atoms with Gasteiger partial charge in [0, 0.05) is 26.3 Å². The minimum absolute atomic E-state index is 0.202. The number of esters is 1. The van der Waals surface area contributed by atoms with Gasteiger partial charge in [-0.25, -0.2) is 8.42 Å². The highest BCUT2D eigenvalue weighted by Crippen LogP contribution is 2.18. The average Bonchev–Trinajstić information content (AvgIpc) is 2.25. The van der Waals surface area contributed by atoms with E-state index in [9.17, 15) is 18.0 Å². The van der Waals surface area contributed by atoms with Gasteiger partial charge in [0.05, 0.1) is 7.11 Å². The number of carbonyl (C=O) groups excluding carboxylic acids is 2. The van der Waals surface area contributed by atoms with Crippen molar-refractivity contribution < 1.29 is 22.7 Å². The monoisotopic (exact) mass is 279 g/mol. The number of carbonyl (C=O) groups is 2. The third-order valence-electron chi connectivity index (χ3n) is 2.89. The van der Waals surface area contributed by atoms with Crippen molar-refractivity contribution >= 4 is 21.7 Å². The molecule has 0 aliphatic rings. The maximum atomic E-state index is 12.0. The molecule has 0 radical (unpaired) electrons. The van der Waals surface area contributed by atoms with Crippen LogP contribution in [0.2, 0.25) is 0 Å². The molecule has 0 bridgehead atoms. The lowest BCUT2D eigenvalue weighted by molar-refractivity contribution is -0.141. The summed E-state index contributed by atoms with van der Waals surface area (Å²) in [6.07, 6.45) is 1.68. The zero-order chi connectivity index (χ0) is 14.6. The Kier molecular flexibility index (Phi) is 5.79. The number of methoxy groups -OCH3 is 1. The Morgan fingerprint density at radius 2 is 1.78 bits per heavy atom. The molecule has 0 aliphatic carbocycles. The first-order valence-electron chi connectivity index (χ1n) is 5.56. The molecule has 0 saturated carbocycles. The van der Waals surface area contributed by atoms with E-state index in [2.05, 4.69) is 4.74 Å². The number of amides is 1. The molecule has 0 rings (SSSR count). The molecule has 6 nitrogen and oxygen atoms in total. The Balaban J connectivity index is 4.49. The van der Waals surface area contributed by atoms with E-state index in [0.717, 1.165) is 6.26 Å². The summed E-state index contributed by atoms with van der Waals surface area (Å²) in [6.45, 7) is 3.07. The summed E-state index contributed by atoms with van der Waals surface area (Å²) < 4.78 is 26.0. The molecule has 0 aromatic carbocycles. The van der Waals surface area contributed by atoms with Crippen LogP contribution < -0.4 is 0 Å². The van der Waals surface area contributed by atoms with Gasteiger partial charge in [0.2, 0.25) is 5.91 Å². The molecule has 0 aromatic rings. The lowest BCUT2D eigenvalue weighted by atomic mass is 10.1. The standard InChI is InChI=1S/C11H21NO5S/c1-11(2,18(5,15)16)10(14)12(3)8-6-7-9(13)17-4/h6-8H2,1-5H3. The number of nitrogens with zero attached hydrogens (tertiary/aromatic N) is 1. The molecule has 0 N–H and O–H groups in total. The number of hydrogen-bond donors (Lipinski definition) is 0. The Labute approximate surface area is 108 Å². The van der Waals surface area contributed by atoms with E-state index in [1.807, 2.05) is 0 Å². The van der Waals surface area contributed by atoms with Gasteiger partial charge in [0.15, 0.2) is 9.84 Å². The lowest BCUT2D eigenvalue weighted by Gasteiger charge is -2.27. The van der Waals surface area contributed by atoms with Crippen molar-refractivity contribution in [3.63, 3.8) is 0 Å². The molecular formula is C11H21NO5S. The molecule has 0 saturated heterocycles. The quantitative estimate of drug-likeness (QED) is 0.650. The van der Waals surface area contributed by atoms with Gasteiger partial charge in [-0.05, 0) is 20.3 Å². The maximum Gasteiger partial charge on any atom is 0.305 e. The van der Waals surface area contributed by atoms with Crippen LogP contribution in [0.3, 0.4) is 0 Å². The third kappa shape index (κ3) is 4.29. The number of ether oxygens (including phenoxy) is 1. The second kappa shape index (κ2) is 6.17. The van der Waals surface area contributed by atoms with E-state index < -0.39 is 20.5 Å². The van der Waals surface area contributed by atoms with Gasteiger partial charge >= 0.3 is 5.97 Å². The molecule has 0 spiro atoms. The summed E-state index contributed by atoms with van der Waals surface area (Å²) in [7, 11) is -0.659. The molecule has 106 valence electrons. The normalized spacial score (nSPS) is 12.1. The molecule has 7 heteroatoms. The van der Waals surface area contributed by atoms with Crippen LogP contribution in [0, 0.1) is 0 Å². The van der Waals surface area contributed by atoms with E-state index in [-0.39, 0.29) is 12.4 Å². The molecule has 0 fully saturated rings. The molecule has 0 aliphatic heterocycles. The zero-order valence-electron chi connectivity index (χ0n) is 11.5. The van der Waals surface area contributed by atoms with Crippen LogP contribution in [0.5, 0.6) is 0 Å². The van der Waals surface area contributed by atoms with Crippen molar-refractivity contribution in [2.75, 3.05) is 27.0 Å². The fourth-order valence-electron chi connectivity index (χ4n) is 1.28. The summed E-state index contributed by atoms with van der Waals surface area (Å²) in [5.74, 6) is -0.826. The molecule has 0 heterocycles. The van der Waals surface area contributed by atoms with Crippen LogP contribution in [-0.4, -0.2) is 56.9 Å². The van der Waals surface area contributed by atoms with E-state index in [1.54, 1.807) is 0 Å². The second-order valence-corrected chi connectivity index (χ2v) is 7.25. The van der Waals surface area contributed by atoms with Crippen molar-refractivity contribution in [3.05, 3.63) is 0 Å². The van der Waals surface area contributed by atoms with Crippen molar-refractivity contribution in [3.8, 4) is 0 Å². The highest BCUT2D eigenvalue weighted by Gasteiger charge is 2.40. The highest BCUT2D eigenvalue weighted by atomic mass is 32.2. The fourth-order valence-corrected chi connectivity index (χ4v) is 1.76. The highest BCUT2D eigenvalue weighted by molar-refractivity contribution is 7.92. The first kappa shape index (κ1) is 16.9. The largest absolute Gasteiger partial charge is 0.469 e. The summed E-state index contributed by atoms with van der Waals surface area (Å²) in [5.41, 5.74) is 0. The van der Waals surface area contributed by atoms with Crippen LogP contribution in [0.4, 0.5) is 0 Å². The molecular weight excluding hydrogens is 258 g/mol. The summed E-state index contributed by atoms with van der Waals surface area (Å²) in [5, 5.41) is 0. The van der Waals surface area contributed by atoms with Gasteiger partial charge in [0.1, 0.15) is 4.75 Å². The average molecular weight is 279 g/mol. The van der Waals surface area contributed by atoms with E-state index in [1.165, 1.54) is 32.9 Å². The summed E-state index contributed by atoms with van der Waals surface area (Å²) in [4.78, 5) is 24.2. The van der Waals surface area contributed by atoms with Crippen molar-refractivity contribution in [2.24, 2.45) is 0 Å². The Morgan fingerprint density at radius 1 is 1.28 bits per heavy atom. The molecule has 0 aromatic heterocycles. The molecule has 0 unspecified atom stereocenters. The SMILES string of the molecule is COC(=O)CCCN(C)C(=O)C(C)(C)S(C)(=O)=O. The summed E-state index contributed by atoms with van der Waals surface area (Å²) in [6, 6.07) is 0. The van der Waals surface area contributed by atoms with Crippen molar-refractivity contribution in [1.29, 1.82) is 0 Å². The Hall–Kier alpha value is -1.11.